The zero-order valence-corrected chi connectivity index (χ0v) is 14.0. The topological polar surface area (TPSA) is 47.4 Å². The van der Waals surface area contributed by atoms with Crippen molar-refractivity contribution in [3.05, 3.63) is 83.8 Å². The van der Waals surface area contributed by atoms with E-state index in [9.17, 15) is 4.79 Å². The van der Waals surface area contributed by atoms with Gasteiger partial charge in [0.25, 0.3) is 5.91 Å². The average Bonchev–Trinajstić information content (AvgIpc) is 3.16. The number of pyridine rings is 1. The lowest BCUT2D eigenvalue weighted by molar-refractivity contribution is 0.0660. The summed E-state index contributed by atoms with van der Waals surface area (Å²) in [5.74, 6) is 0.298. The van der Waals surface area contributed by atoms with Gasteiger partial charge in [0, 0.05) is 31.2 Å². The second-order valence-electron chi connectivity index (χ2n) is 6.00. The number of carbonyl (C=O) groups is 1. The van der Waals surface area contributed by atoms with Crippen molar-refractivity contribution < 1.29 is 9.53 Å². The van der Waals surface area contributed by atoms with Crippen molar-refractivity contribution in [1.82, 2.24) is 14.5 Å². The van der Waals surface area contributed by atoms with Crippen molar-refractivity contribution in [2.45, 2.75) is 12.6 Å². The molecule has 5 heteroatoms. The fourth-order valence-corrected chi connectivity index (χ4v) is 3.46. The predicted molar refractivity (Wildman–Crippen MR) is 94.5 cm³/mol. The molecule has 4 rings (SSSR count). The summed E-state index contributed by atoms with van der Waals surface area (Å²) >= 11 is 0. The fourth-order valence-electron chi connectivity index (χ4n) is 3.46. The van der Waals surface area contributed by atoms with Gasteiger partial charge in [-0.1, -0.05) is 30.3 Å². The van der Waals surface area contributed by atoms with Crippen molar-refractivity contribution >= 4 is 5.91 Å². The first kappa shape index (κ1) is 15.4. The number of benzene rings is 1. The van der Waals surface area contributed by atoms with E-state index in [1.807, 2.05) is 29.2 Å². The summed E-state index contributed by atoms with van der Waals surface area (Å²) in [4.78, 5) is 19.4. The molecule has 1 unspecified atom stereocenters. The van der Waals surface area contributed by atoms with Crippen molar-refractivity contribution in [3.8, 4) is 5.88 Å². The molecule has 0 spiro atoms. The van der Waals surface area contributed by atoms with E-state index in [-0.39, 0.29) is 11.9 Å². The number of rotatable bonds is 3. The van der Waals surface area contributed by atoms with Gasteiger partial charge >= 0.3 is 0 Å². The zero-order valence-electron chi connectivity index (χ0n) is 14.0. The monoisotopic (exact) mass is 333 g/mol. The molecular formula is C20H19N3O2. The highest BCUT2D eigenvalue weighted by molar-refractivity contribution is 5.97. The van der Waals surface area contributed by atoms with E-state index < -0.39 is 0 Å². The Balaban J connectivity index is 1.79. The number of hydrogen-bond donors (Lipinski definition) is 0. The van der Waals surface area contributed by atoms with Gasteiger partial charge in [-0.25, -0.2) is 4.98 Å². The minimum absolute atomic E-state index is 0.0637. The predicted octanol–water partition coefficient (Wildman–Crippen LogP) is 3.14. The second-order valence-corrected chi connectivity index (χ2v) is 6.00. The number of carbonyl (C=O) groups excluding carboxylic acids is 1. The van der Waals surface area contributed by atoms with Gasteiger partial charge in [0.05, 0.1) is 13.2 Å². The minimum Gasteiger partial charge on any atom is -0.480 e. The Hall–Kier alpha value is -3.08. The van der Waals surface area contributed by atoms with Gasteiger partial charge in [0.1, 0.15) is 5.56 Å². The van der Waals surface area contributed by atoms with E-state index in [1.54, 1.807) is 18.3 Å². The van der Waals surface area contributed by atoms with E-state index >= 15 is 0 Å². The number of ether oxygens (including phenoxy) is 1. The molecule has 0 saturated carbocycles. The highest BCUT2D eigenvalue weighted by Gasteiger charge is 2.33. The molecule has 25 heavy (non-hydrogen) atoms. The molecule has 1 aliphatic heterocycles. The van der Waals surface area contributed by atoms with Gasteiger partial charge in [0.2, 0.25) is 5.88 Å². The van der Waals surface area contributed by atoms with Gasteiger partial charge in [-0.15, -0.1) is 0 Å². The Morgan fingerprint density at radius 2 is 1.92 bits per heavy atom. The van der Waals surface area contributed by atoms with Crippen LogP contribution in [0.2, 0.25) is 0 Å². The number of nitrogens with zero attached hydrogens (tertiary/aromatic N) is 3. The Labute approximate surface area is 146 Å². The third-order valence-corrected chi connectivity index (χ3v) is 4.61. The minimum atomic E-state index is -0.123. The van der Waals surface area contributed by atoms with Crippen LogP contribution < -0.4 is 4.74 Å². The van der Waals surface area contributed by atoms with Crippen LogP contribution >= 0.6 is 0 Å². The largest absolute Gasteiger partial charge is 0.480 e. The molecule has 3 aromatic rings. The van der Waals surface area contributed by atoms with Gasteiger partial charge in [0.15, 0.2) is 0 Å². The summed E-state index contributed by atoms with van der Waals surface area (Å²) in [6.45, 7) is 1.41. The molecule has 1 atom stereocenters. The highest BCUT2D eigenvalue weighted by Crippen LogP contribution is 2.34. The smallest absolute Gasteiger partial charge is 0.260 e. The van der Waals surface area contributed by atoms with Gasteiger partial charge in [-0.05, 0) is 29.8 Å². The SMILES string of the molecule is COc1ncccc1C(=O)N1CCn2cccc2C1c1ccccc1. The molecule has 126 valence electrons. The Bertz CT molecular complexity index is 889. The average molecular weight is 333 g/mol. The molecule has 2 aromatic heterocycles. The summed E-state index contributed by atoms with van der Waals surface area (Å²) in [5.41, 5.74) is 2.71. The normalized spacial score (nSPS) is 16.4. The lowest BCUT2D eigenvalue weighted by atomic mass is 9.99. The van der Waals surface area contributed by atoms with Crippen LogP contribution in [0.5, 0.6) is 5.88 Å². The maximum atomic E-state index is 13.3. The second kappa shape index (κ2) is 6.43. The molecule has 0 N–H and O–H groups in total. The summed E-state index contributed by atoms with van der Waals surface area (Å²) < 4.78 is 7.50. The number of hydrogen-bond acceptors (Lipinski definition) is 3. The number of aromatic nitrogens is 2. The number of amides is 1. The van der Waals surface area contributed by atoms with Gasteiger partial charge < -0.3 is 14.2 Å². The van der Waals surface area contributed by atoms with Crippen LogP contribution in [0.1, 0.15) is 27.7 Å². The maximum Gasteiger partial charge on any atom is 0.260 e. The molecule has 0 fully saturated rings. The summed E-state index contributed by atoms with van der Waals surface area (Å²) in [7, 11) is 1.54. The summed E-state index contributed by atoms with van der Waals surface area (Å²) in [6.07, 6.45) is 3.70. The van der Waals surface area contributed by atoms with Crippen LogP contribution in [-0.4, -0.2) is 34.0 Å². The van der Waals surface area contributed by atoms with Crippen LogP contribution in [0, 0.1) is 0 Å². The molecule has 0 saturated heterocycles. The van der Waals surface area contributed by atoms with Crippen molar-refractivity contribution in [2.24, 2.45) is 0 Å². The fraction of sp³-hybridized carbons (Fsp3) is 0.200. The Kier molecular flexibility index (Phi) is 3.98. The molecule has 0 radical (unpaired) electrons. The first-order chi connectivity index (χ1) is 12.3. The van der Waals surface area contributed by atoms with Crippen molar-refractivity contribution in [1.29, 1.82) is 0 Å². The molecule has 1 amide bonds. The quantitative estimate of drug-likeness (QED) is 0.740. The first-order valence-electron chi connectivity index (χ1n) is 8.29. The van der Waals surface area contributed by atoms with Crippen LogP contribution in [0.15, 0.2) is 67.0 Å². The lowest BCUT2D eigenvalue weighted by Crippen LogP contribution is -2.42. The first-order valence-corrected chi connectivity index (χ1v) is 8.29. The van der Waals surface area contributed by atoms with Crippen LogP contribution in [0.4, 0.5) is 0 Å². The van der Waals surface area contributed by atoms with E-state index in [4.69, 9.17) is 4.74 Å². The van der Waals surface area contributed by atoms with Gasteiger partial charge in [-0.3, -0.25) is 4.79 Å². The van der Waals surface area contributed by atoms with E-state index in [1.165, 1.54) is 7.11 Å². The molecule has 0 aliphatic carbocycles. The molecule has 3 heterocycles. The molecular weight excluding hydrogens is 314 g/mol. The van der Waals surface area contributed by atoms with Crippen LogP contribution in [-0.2, 0) is 6.54 Å². The van der Waals surface area contributed by atoms with Crippen molar-refractivity contribution in [2.75, 3.05) is 13.7 Å². The third-order valence-electron chi connectivity index (χ3n) is 4.61. The third kappa shape index (κ3) is 2.67. The van der Waals surface area contributed by atoms with E-state index in [0.29, 0.717) is 18.0 Å². The van der Waals surface area contributed by atoms with Crippen molar-refractivity contribution in [3.63, 3.8) is 0 Å². The molecule has 1 aromatic carbocycles. The molecule has 5 nitrogen and oxygen atoms in total. The summed E-state index contributed by atoms with van der Waals surface area (Å²) in [6, 6.07) is 17.6. The van der Waals surface area contributed by atoms with Crippen LogP contribution in [0.3, 0.4) is 0 Å². The van der Waals surface area contributed by atoms with E-state index in [0.717, 1.165) is 17.8 Å². The molecule has 1 aliphatic rings. The number of fused-ring (bicyclic) bond motifs is 1. The van der Waals surface area contributed by atoms with E-state index in [2.05, 4.69) is 33.9 Å². The standard InChI is InChI=1S/C20H19N3O2/c1-25-19-16(9-5-11-21-19)20(24)23-14-13-22-12-6-10-17(22)18(23)15-7-3-2-4-8-15/h2-12,18H,13-14H2,1H3. The lowest BCUT2D eigenvalue weighted by Gasteiger charge is -2.37. The highest BCUT2D eigenvalue weighted by atomic mass is 16.5. The summed E-state index contributed by atoms with van der Waals surface area (Å²) in [5, 5.41) is 0. The Morgan fingerprint density at radius 1 is 1.08 bits per heavy atom. The Morgan fingerprint density at radius 3 is 2.72 bits per heavy atom. The molecule has 0 bridgehead atoms. The maximum absolute atomic E-state index is 13.3. The number of methoxy groups -OCH3 is 1. The van der Waals surface area contributed by atoms with Gasteiger partial charge in [-0.2, -0.15) is 0 Å². The van der Waals surface area contributed by atoms with Crippen LogP contribution in [0.25, 0.3) is 0 Å². The zero-order chi connectivity index (χ0) is 17.2.